The second kappa shape index (κ2) is 9.64. The summed E-state index contributed by atoms with van der Waals surface area (Å²) in [7, 11) is 2.76. The zero-order chi connectivity index (χ0) is 21.0. The molecule has 0 aliphatic carbocycles. The van der Waals surface area contributed by atoms with Crippen LogP contribution in [-0.2, 0) is 14.3 Å². The van der Waals surface area contributed by atoms with Gasteiger partial charge in [0.05, 0.1) is 28.8 Å². The maximum absolute atomic E-state index is 12.6. The fourth-order valence-corrected chi connectivity index (χ4v) is 4.12. The van der Waals surface area contributed by atoms with Gasteiger partial charge in [-0.15, -0.1) is 0 Å². The first-order valence-corrected chi connectivity index (χ1v) is 10.5. The Morgan fingerprint density at radius 2 is 1.96 bits per heavy atom. The van der Waals surface area contributed by atoms with E-state index in [9.17, 15) is 14.4 Å². The number of carbonyl (C=O) groups is 3. The lowest BCUT2D eigenvalue weighted by Crippen LogP contribution is -2.42. The Kier molecular flexibility index (Phi) is 7.76. The number of benzene rings is 1. The molecular formula is C19H22INO6S. The molecule has 1 saturated heterocycles. The van der Waals surface area contributed by atoms with Crippen molar-refractivity contribution in [2.75, 3.05) is 14.2 Å². The first kappa shape index (κ1) is 22.5. The molecule has 1 fully saturated rings. The Balaban J connectivity index is 2.35. The van der Waals surface area contributed by atoms with Crippen molar-refractivity contribution in [3.8, 4) is 11.5 Å². The quantitative estimate of drug-likeness (QED) is 0.305. The van der Waals surface area contributed by atoms with E-state index in [1.54, 1.807) is 19.3 Å². The van der Waals surface area contributed by atoms with E-state index in [4.69, 9.17) is 9.47 Å². The van der Waals surface area contributed by atoms with Crippen LogP contribution in [0.15, 0.2) is 17.0 Å². The number of halogens is 1. The Morgan fingerprint density at radius 1 is 1.29 bits per heavy atom. The van der Waals surface area contributed by atoms with Gasteiger partial charge in [-0.1, -0.05) is 6.92 Å². The average Bonchev–Trinajstić information content (AvgIpc) is 2.95. The van der Waals surface area contributed by atoms with Crippen LogP contribution in [0.3, 0.4) is 0 Å². The normalized spacial score (nSPS) is 17.6. The van der Waals surface area contributed by atoms with Crippen LogP contribution in [0, 0.1) is 3.57 Å². The summed E-state index contributed by atoms with van der Waals surface area (Å²) in [6.07, 6.45) is 2.49. The second-order valence-electron chi connectivity index (χ2n) is 6.12. The monoisotopic (exact) mass is 519 g/mol. The van der Waals surface area contributed by atoms with E-state index in [2.05, 4.69) is 27.3 Å². The Hall–Kier alpha value is -1.75. The molecule has 9 heteroatoms. The van der Waals surface area contributed by atoms with Crippen LogP contribution in [0.5, 0.6) is 11.5 Å². The van der Waals surface area contributed by atoms with Crippen molar-refractivity contribution in [3.63, 3.8) is 0 Å². The van der Waals surface area contributed by atoms with Crippen molar-refractivity contribution in [1.82, 2.24) is 4.90 Å². The SMILES string of the molecule is CC[C@@H](C)Oc1c(I)cc(/C=C2/SC(=O)N([C@H](C)C(=O)OC)C2=O)cc1OC. The van der Waals surface area contributed by atoms with Crippen molar-refractivity contribution in [1.29, 1.82) is 0 Å². The number of nitrogens with zero attached hydrogens (tertiary/aromatic N) is 1. The molecule has 7 nitrogen and oxygen atoms in total. The van der Waals surface area contributed by atoms with E-state index in [0.29, 0.717) is 17.1 Å². The molecule has 0 radical (unpaired) electrons. The molecule has 1 heterocycles. The summed E-state index contributed by atoms with van der Waals surface area (Å²) in [6, 6.07) is 2.61. The summed E-state index contributed by atoms with van der Waals surface area (Å²) in [5.74, 6) is 0.00995. The number of imide groups is 1. The third-order valence-corrected chi connectivity index (χ3v) is 5.88. The second-order valence-corrected chi connectivity index (χ2v) is 8.28. The van der Waals surface area contributed by atoms with Crippen molar-refractivity contribution in [2.24, 2.45) is 0 Å². The molecule has 1 aromatic carbocycles. The summed E-state index contributed by atoms with van der Waals surface area (Å²) in [6.45, 7) is 5.46. The van der Waals surface area contributed by atoms with Crippen molar-refractivity contribution in [3.05, 3.63) is 26.2 Å². The van der Waals surface area contributed by atoms with Gasteiger partial charge in [0.25, 0.3) is 11.1 Å². The van der Waals surface area contributed by atoms with Gasteiger partial charge in [-0.2, -0.15) is 0 Å². The smallest absolute Gasteiger partial charge is 0.328 e. The predicted molar refractivity (Wildman–Crippen MR) is 115 cm³/mol. The Morgan fingerprint density at radius 3 is 2.54 bits per heavy atom. The highest BCUT2D eigenvalue weighted by molar-refractivity contribution is 14.1. The molecular weight excluding hydrogens is 497 g/mol. The molecule has 1 aliphatic rings. The van der Waals surface area contributed by atoms with Crippen LogP contribution in [0.4, 0.5) is 4.79 Å². The fourth-order valence-electron chi connectivity index (χ4n) is 2.46. The molecule has 2 atom stereocenters. The molecule has 0 unspecified atom stereocenters. The third kappa shape index (κ3) is 4.80. The zero-order valence-corrected chi connectivity index (χ0v) is 19.3. The van der Waals surface area contributed by atoms with Gasteiger partial charge in [0.15, 0.2) is 11.5 Å². The Bertz CT molecular complexity index is 825. The van der Waals surface area contributed by atoms with Gasteiger partial charge in [-0.25, -0.2) is 4.79 Å². The predicted octanol–water partition coefficient (Wildman–Crippen LogP) is 4.07. The van der Waals surface area contributed by atoms with Gasteiger partial charge >= 0.3 is 5.97 Å². The van der Waals surface area contributed by atoms with Crippen LogP contribution in [-0.4, -0.2) is 48.4 Å². The fraction of sp³-hybridized carbons (Fsp3) is 0.421. The van der Waals surface area contributed by atoms with Crippen molar-refractivity contribution >= 4 is 57.5 Å². The molecule has 0 saturated carbocycles. The highest BCUT2D eigenvalue weighted by Crippen LogP contribution is 2.38. The zero-order valence-electron chi connectivity index (χ0n) is 16.3. The van der Waals surface area contributed by atoms with Gasteiger partial charge < -0.3 is 14.2 Å². The minimum Gasteiger partial charge on any atom is -0.493 e. The summed E-state index contributed by atoms with van der Waals surface area (Å²) >= 11 is 2.93. The number of hydrogen-bond donors (Lipinski definition) is 0. The number of amides is 2. The van der Waals surface area contributed by atoms with Crippen LogP contribution >= 0.6 is 34.4 Å². The van der Waals surface area contributed by atoms with Crippen LogP contribution in [0.1, 0.15) is 32.8 Å². The lowest BCUT2D eigenvalue weighted by molar-refractivity contribution is -0.148. The number of esters is 1. The van der Waals surface area contributed by atoms with E-state index >= 15 is 0 Å². The molecule has 28 heavy (non-hydrogen) atoms. The summed E-state index contributed by atoms with van der Waals surface area (Å²) in [5.41, 5.74) is 0.689. The van der Waals surface area contributed by atoms with E-state index < -0.39 is 23.2 Å². The maximum Gasteiger partial charge on any atom is 0.328 e. The lowest BCUT2D eigenvalue weighted by Gasteiger charge is -2.18. The third-order valence-electron chi connectivity index (χ3n) is 4.20. The van der Waals surface area contributed by atoms with E-state index in [0.717, 1.165) is 26.7 Å². The van der Waals surface area contributed by atoms with Crippen LogP contribution in [0.2, 0.25) is 0 Å². The standard InChI is InChI=1S/C19H22INO6S/c1-6-10(2)27-16-13(20)7-12(8-14(16)25-4)9-15-17(22)21(19(24)28-15)11(3)18(23)26-5/h7-11H,6H2,1-5H3/b15-9+/t10-,11-/m1/s1. The molecule has 1 aliphatic heterocycles. The van der Waals surface area contributed by atoms with Crippen LogP contribution < -0.4 is 9.47 Å². The molecule has 0 spiro atoms. The number of rotatable bonds is 7. The van der Waals surface area contributed by atoms with Gasteiger partial charge in [0, 0.05) is 0 Å². The minimum atomic E-state index is -0.982. The largest absolute Gasteiger partial charge is 0.493 e. The van der Waals surface area contributed by atoms with Gasteiger partial charge in [-0.05, 0) is 78.4 Å². The van der Waals surface area contributed by atoms with Gasteiger partial charge in [0.2, 0.25) is 0 Å². The Labute approximate surface area is 181 Å². The number of ether oxygens (including phenoxy) is 3. The molecule has 152 valence electrons. The van der Waals surface area contributed by atoms with Crippen molar-refractivity contribution in [2.45, 2.75) is 39.3 Å². The summed E-state index contributed by atoms with van der Waals surface area (Å²) in [4.78, 5) is 37.7. The average molecular weight is 519 g/mol. The van der Waals surface area contributed by atoms with E-state index in [1.807, 2.05) is 19.9 Å². The number of methoxy groups -OCH3 is 2. The molecule has 2 amide bonds. The highest BCUT2D eigenvalue weighted by atomic mass is 127. The first-order valence-electron chi connectivity index (χ1n) is 8.62. The van der Waals surface area contributed by atoms with Gasteiger partial charge in [-0.3, -0.25) is 14.5 Å². The molecule has 2 rings (SSSR count). The molecule has 0 bridgehead atoms. The minimum absolute atomic E-state index is 0.0320. The van der Waals surface area contributed by atoms with Crippen LogP contribution in [0.25, 0.3) is 6.08 Å². The van der Waals surface area contributed by atoms with E-state index in [1.165, 1.54) is 14.0 Å². The topological polar surface area (TPSA) is 82.1 Å². The molecule has 0 aromatic heterocycles. The summed E-state index contributed by atoms with van der Waals surface area (Å²) in [5, 5.41) is -0.507. The van der Waals surface area contributed by atoms with E-state index in [-0.39, 0.29) is 11.0 Å². The van der Waals surface area contributed by atoms with Gasteiger partial charge in [0.1, 0.15) is 6.04 Å². The van der Waals surface area contributed by atoms with Crippen molar-refractivity contribution < 1.29 is 28.6 Å². The number of thioether (sulfide) groups is 1. The molecule has 1 aromatic rings. The summed E-state index contributed by atoms with van der Waals surface area (Å²) < 4.78 is 16.8. The molecule has 0 N–H and O–H groups in total. The number of carbonyl (C=O) groups excluding carboxylic acids is 3. The highest BCUT2D eigenvalue weighted by Gasteiger charge is 2.41. The maximum atomic E-state index is 12.6. The number of hydrogen-bond acceptors (Lipinski definition) is 7. The first-order chi connectivity index (χ1) is 13.2. The lowest BCUT2D eigenvalue weighted by atomic mass is 10.1.